The summed E-state index contributed by atoms with van der Waals surface area (Å²) in [7, 11) is 0. The molecule has 0 saturated carbocycles. The topological polar surface area (TPSA) is 29.1 Å². The second-order valence-electron chi connectivity index (χ2n) is 1.85. The summed E-state index contributed by atoms with van der Waals surface area (Å²) in [5.74, 6) is -0.0272. The summed E-state index contributed by atoms with van der Waals surface area (Å²) in [6, 6.07) is 0. The van der Waals surface area contributed by atoms with E-state index in [2.05, 4.69) is 43.8 Å². The molecule has 0 aromatic heterocycles. The van der Waals surface area contributed by atoms with Gasteiger partial charge in [0.05, 0.1) is 4.83 Å². The number of rotatable bonds is 3. The van der Waals surface area contributed by atoms with Crippen molar-refractivity contribution in [3.63, 3.8) is 0 Å². The highest BCUT2D eigenvalue weighted by Crippen LogP contribution is 1.99. The SMILES string of the molecule is C=C(Br)CNC(=O)C(C)Br. The van der Waals surface area contributed by atoms with Crippen LogP contribution >= 0.6 is 31.9 Å². The van der Waals surface area contributed by atoms with E-state index in [1.165, 1.54) is 0 Å². The minimum atomic E-state index is -0.139. The van der Waals surface area contributed by atoms with E-state index in [4.69, 9.17) is 0 Å². The molecule has 0 radical (unpaired) electrons. The van der Waals surface area contributed by atoms with E-state index in [9.17, 15) is 4.79 Å². The molecule has 0 saturated heterocycles. The Kier molecular flexibility index (Phi) is 4.99. The van der Waals surface area contributed by atoms with Crippen molar-refractivity contribution in [2.24, 2.45) is 0 Å². The second-order valence-corrected chi connectivity index (χ2v) is 4.35. The first-order chi connectivity index (χ1) is 4.54. The maximum atomic E-state index is 10.8. The van der Waals surface area contributed by atoms with Crippen LogP contribution in [-0.2, 0) is 4.79 Å². The molecule has 0 rings (SSSR count). The number of halogens is 2. The predicted octanol–water partition coefficient (Wildman–Crippen LogP) is 1.79. The molecule has 0 aliphatic carbocycles. The average Bonchev–Trinajstić information content (AvgIpc) is 1.82. The average molecular weight is 271 g/mol. The van der Waals surface area contributed by atoms with Gasteiger partial charge in [-0.1, -0.05) is 38.4 Å². The molecule has 0 aromatic rings. The van der Waals surface area contributed by atoms with E-state index in [1.54, 1.807) is 6.92 Å². The number of hydrogen-bond donors (Lipinski definition) is 1. The molecule has 1 unspecified atom stereocenters. The summed E-state index contributed by atoms with van der Waals surface area (Å²) in [6.45, 7) is 5.82. The van der Waals surface area contributed by atoms with Crippen LogP contribution in [0.2, 0.25) is 0 Å². The van der Waals surface area contributed by atoms with E-state index >= 15 is 0 Å². The maximum Gasteiger partial charge on any atom is 0.233 e. The summed E-state index contributed by atoms with van der Waals surface area (Å²) < 4.78 is 0.772. The zero-order valence-corrected chi connectivity index (χ0v) is 8.83. The van der Waals surface area contributed by atoms with Crippen LogP contribution in [0.5, 0.6) is 0 Å². The first-order valence-corrected chi connectivity index (χ1v) is 4.50. The van der Waals surface area contributed by atoms with E-state index < -0.39 is 0 Å². The van der Waals surface area contributed by atoms with Gasteiger partial charge in [-0.2, -0.15) is 0 Å². The Labute approximate surface area is 77.3 Å². The van der Waals surface area contributed by atoms with Gasteiger partial charge in [-0.3, -0.25) is 4.79 Å². The first kappa shape index (κ1) is 10.2. The Morgan fingerprint density at radius 3 is 2.60 bits per heavy atom. The molecule has 0 fully saturated rings. The molecule has 0 spiro atoms. The Bertz CT molecular complexity index is 145. The van der Waals surface area contributed by atoms with Crippen molar-refractivity contribution in [2.75, 3.05) is 6.54 Å². The molecule has 2 nitrogen and oxygen atoms in total. The summed E-state index contributed by atoms with van der Waals surface area (Å²) >= 11 is 6.26. The highest BCUT2D eigenvalue weighted by molar-refractivity contribution is 9.11. The van der Waals surface area contributed by atoms with E-state index in [-0.39, 0.29) is 10.7 Å². The maximum absolute atomic E-state index is 10.8. The minimum absolute atomic E-state index is 0.0272. The zero-order valence-electron chi connectivity index (χ0n) is 5.66. The van der Waals surface area contributed by atoms with Crippen molar-refractivity contribution < 1.29 is 4.79 Å². The number of nitrogens with one attached hydrogen (secondary N) is 1. The molecule has 0 heterocycles. The third kappa shape index (κ3) is 4.99. The molecule has 0 aliphatic heterocycles. The number of carbonyl (C=O) groups is 1. The molecular formula is C6H9Br2NO. The van der Waals surface area contributed by atoms with Crippen molar-refractivity contribution >= 4 is 37.8 Å². The number of carbonyl (C=O) groups excluding carboxylic acids is 1. The molecule has 58 valence electrons. The molecule has 1 atom stereocenters. The van der Waals surface area contributed by atoms with Crippen molar-refractivity contribution in [1.29, 1.82) is 0 Å². The van der Waals surface area contributed by atoms with Gasteiger partial charge in [-0.25, -0.2) is 0 Å². The Hall–Kier alpha value is 0.170. The largest absolute Gasteiger partial charge is 0.351 e. The third-order valence-corrected chi connectivity index (χ3v) is 1.51. The summed E-state index contributed by atoms with van der Waals surface area (Å²) in [4.78, 5) is 10.7. The lowest BCUT2D eigenvalue weighted by atomic mass is 10.4. The van der Waals surface area contributed by atoms with Gasteiger partial charge in [0.25, 0.3) is 0 Å². The van der Waals surface area contributed by atoms with Crippen molar-refractivity contribution in [3.8, 4) is 0 Å². The van der Waals surface area contributed by atoms with Gasteiger partial charge >= 0.3 is 0 Å². The highest BCUT2D eigenvalue weighted by Gasteiger charge is 2.06. The fraction of sp³-hybridized carbons (Fsp3) is 0.500. The Balaban J connectivity index is 3.50. The van der Waals surface area contributed by atoms with E-state index in [1.807, 2.05) is 0 Å². The molecule has 0 aromatic carbocycles. The van der Waals surface area contributed by atoms with Gasteiger partial charge in [0.1, 0.15) is 0 Å². The van der Waals surface area contributed by atoms with Crippen molar-refractivity contribution in [1.82, 2.24) is 5.32 Å². The number of alkyl halides is 1. The van der Waals surface area contributed by atoms with Crippen LogP contribution in [0, 0.1) is 0 Å². The number of amides is 1. The van der Waals surface area contributed by atoms with E-state index in [0.717, 1.165) is 4.48 Å². The van der Waals surface area contributed by atoms with Crippen molar-refractivity contribution in [2.45, 2.75) is 11.8 Å². The van der Waals surface area contributed by atoms with Crippen LogP contribution in [0.15, 0.2) is 11.1 Å². The normalized spacial score (nSPS) is 12.3. The Morgan fingerprint density at radius 1 is 1.80 bits per heavy atom. The molecule has 1 N–H and O–H groups in total. The van der Waals surface area contributed by atoms with Crippen LogP contribution in [0.3, 0.4) is 0 Å². The van der Waals surface area contributed by atoms with Gasteiger partial charge in [0.15, 0.2) is 0 Å². The lowest BCUT2D eigenvalue weighted by molar-refractivity contribution is -0.119. The lowest BCUT2D eigenvalue weighted by Gasteiger charge is -2.04. The van der Waals surface area contributed by atoms with Gasteiger partial charge in [0, 0.05) is 11.0 Å². The minimum Gasteiger partial charge on any atom is -0.351 e. The molecule has 0 aliphatic rings. The van der Waals surface area contributed by atoms with Gasteiger partial charge < -0.3 is 5.32 Å². The molecule has 0 bridgehead atoms. The first-order valence-electron chi connectivity index (χ1n) is 2.79. The third-order valence-electron chi connectivity index (χ3n) is 0.816. The second kappa shape index (κ2) is 4.91. The quantitative estimate of drug-likeness (QED) is 0.779. The molecule has 4 heteroatoms. The van der Waals surface area contributed by atoms with Gasteiger partial charge in [-0.05, 0) is 6.92 Å². The van der Waals surface area contributed by atoms with E-state index in [0.29, 0.717) is 6.54 Å². The fourth-order valence-corrected chi connectivity index (χ4v) is 0.626. The van der Waals surface area contributed by atoms with Gasteiger partial charge in [0.2, 0.25) is 5.91 Å². The summed E-state index contributed by atoms with van der Waals surface area (Å²) in [5.41, 5.74) is 0. The number of hydrogen-bond acceptors (Lipinski definition) is 1. The summed E-state index contributed by atoms with van der Waals surface area (Å²) in [6.07, 6.45) is 0. The van der Waals surface area contributed by atoms with Crippen LogP contribution in [-0.4, -0.2) is 17.3 Å². The van der Waals surface area contributed by atoms with Crippen LogP contribution in [0.25, 0.3) is 0 Å². The fourth-order valence-electron chi connectivity index (χ4n) is 0.324. The van der Waals surface area contributed by atoms with Crippen LogP contribution in [0.4, 0.5) is 0 Å². The van der Waals surface area contributed by atoms with Crippen LogP contribution < -0.4 is 5.32 Å². The van der Waals surface area contributed by atoms with Crippen molar-refractivity contribution in [3.05, 3.63) is 11.1 Å². The predicted molar refractivity (Wildman–Crippen MR) is 49.5 cm³/mol. The smallest absolute Gasteiger partial charge is 0.233 e. The Morgan fingerprint density at radius 2 is 2.30 bits per heavy atom. The lowest BCUT2D eigenvalue weighted by Crippen LogP contribution is -2.30. The standard InChI is InChI=1S/C6H9Br2NO/c1-4(7)3-9-6(10)5(2)8/h5H,1,3H2,2H3,(H,9,10). The van der Waals surface area contributed by atoms with Gasteiger partial charge in [-0.15, -0.1) is 0 Å². The molecule has 1 amide bonds. The zero-order chi connectivity index (χ0) is 8.15. The molecular weight excluding hydrogens is 262 g/mol. The molecule has 10 heavy (non-hydrogen) atoms. The highest BCUT2D eigenvalue weighted by atomic mass is 79.9. The summed E-state index contributed by atoms with van der Waals surface area (Å²) in [5, 5.41) is 2.65. The van der Waals surface area contributed by atoms with Crippen LogP contribution in [0.1, 0.15) is 6.92 Å². The monoisotopic (exact) mass is 269 g/mol.